The molecule has 3 aromatic heterocycles. The summed E-state index contributed by atoms with van der Waals surface area (Å²) in [6.45, 7) is 1.97. The molecule has 3 heterocycles. The lowest BCUT2D eigenvalue weighted by atomic mass is 10.2. The molecule has 0 amide bonds. The quantitative estimate of drug-likeness (QED) is 0.614. The van der Waals surface area contributed by atoms with Crippen LogP contribution in [-0.4, -0.2) is 24.4 Å². The molecule has 0 fully saturated rings. The van der Waals surface area contributed by atoms with E-state index in [1.54, 1.807) is 9.20 Å². The molecule has 5 nitrogen and oxygen atoms in total. The summed E-state index contributed by atoms with van der Waals surface area (Å²) in [6.07, 6.45) is 7.51. The summed E-state index contributed by atoms with van der Waals surface area (Å²) in [5, 5.41) is 8.42. The van der Waals surface area contributed by atoms with Crippen molar-refractivity contribution in [1.29, 1.82) is 0 Å². The molecular weight excluding hydrogens is 202 g/mol. The Morgan fingerprint density at radius 3 is 2.81 bits per heavy atom. The topological polar surface area (TPSA) is 48.0 Å². The van der Waals surface area contributed by atoms with Gasteiger partial charge in [-0.2, -0.15) is 10.2 Å². The standard InChI is InChI=1S/C11H11N5/c1-8-3-4-16-11(14-8)10(6-13-16)9-5-12-15(2)7-9/h3-7H,1-2H3. The van der Waals surface area contributed by atoms with E-state index in [0.29, 0.717) is 0 Å². The third kappa shape index (κ3) is 1.29. The fourth-order valence-electron chi connectivity index (χ4n) is 1.72. The first-order valence-electron chi connectivity index (χ1n) is 5.04. The molecule has 0 saturated carbocycles. The Balaban J connectivity index is 2.27. The third-order valence-corrected chi connectivity index (χ3v) is 2.52. The summed E-state index contributed by atoms with van der Waals surface area (Å²) in [5.41, 5.74) is 3.90. The summed E-state index contributed by atoms with van der Waals surface area (Å²) in [5.74, 6) is 0. The predicted molar refractivity (Wildman–Crippen MR) is 59.9 cm³/mol. The molecule has 16 heavy (non-hydrogen) atoms. The summed E-state index contributed by atoms with van der Waals surface area (Å²) in [6, 6.07) is 1.94. The van der Waals surface area contributed by atoms with Gasteiger partial charge in [0, 0.05) is 36.3 Å². The largest absolute Gasteiger partial charge is 0.275 e. The first-order valence-corrected chi connectivity index (χ1v) is 5.04. The van der Waals surface area contributed by atoms with Crippen LogP contribution in [0.2, 0.25) is 0 Å². The Bertz CT molecular complexity index is 649. The van der Waals surface area contributed by atoms with Gasteiger partial charge in [0.25, 0.3) is 0 Å². The average Bonchev–Trinajstić information content (AvgIpc) is 2.83. The first-order chi connectivity index (χ1) is 7.74. The van der Waals surface area contributed by atoms with Crippen molar-refractivity contribution in [3.05, 3.63) is 36.5 Å². The Morgan fingerprint density at radius 2 is 2.06 bits per heavy atom. The van der Waals surface area contributed by atoms with Crippen LogP contribution in [0.1, 0.15) is 5.69 Å². The van der Waals surface area contributed by atoms with Gasteiger partial charge in [-0.15, -0.1) is 0 Å². The van der Waals surface area contributed by atoms with Crippen molar-refractivity contribution in [3.8, 4) is 11.1 Å². The second-order valence-electron chi connectivity index (χ2n) is 3.80. The van der Waals surface area contributed by atoms with Gasteiger partial charge in [0.2, 0.25) is 0 Å². The van der Waals surface area contributed by atoms with Crippen molar-refractivity contribution in [2.45, 2.75) is 6.92 Å². The highest BCUT2D eigenvalue weighted by Gasteiger charge is 2.09. The summed E-state index contributed by atoms with van der Waals surface area (Å²) in [4.78, 5) is 4.48. The number of nitrogens with zero attached hydrogens (tertiary/aromatic N) is 5. The highest BCUT2D eigenvalue weighted by Crippen LogP contribution is 2.22. The van der Waals surface area contributed by atoms with Crippen LogP contribution in [0, 0.1) is 6.92 Å². The van der Waals surface area contributed by atoms with Crippen LogP contribution in [0.4, 0.5) is 0 Å². The van der Waals surface area contributed by atoms with E-state index >= 15 is 0 Å². The molecule has 3 rings (SSSR count). The van der Waals surface area contributed by atoms with E-state index in [4.69, 9.17) is 0 Å². The fourth-order valence-corrected chi connectivity index (χ4v) is 1.72. The van der Waals surface area contributed by atoms with E-state index in [1.807, 2.05) is 44.8 Å². The molecular formula is C11H11N5. The highest BCUT2D eigenvalue weighted by atomic mass is 15.3. The number of fused-ring (bicyclic) bond motifs is 1. The summed E-state index contributed by atoms with van der Waals surface area (Å²) >= 11 is 0. The number of hydrogen-bond acceptors (Lipinski definition) is 3. The van der Waals surface area contributed by atoms with Crippen molar-refractivity contribution in [2.24, 2.45) is 7.05 Å². The van der Waals surface area contributed by atoms with E-state index in [-0.39, 0.29) is 0 Å². The Morgan fingerprint density at radius 1 is 1.19 bits per heavy atom. The Hall–Kier alpha value is -2.17. The van der Waals surface area contributed by atoms with Crippen molar-refractivity contribution in [3.63, 3.8) is 0 Å². The van der Waals surface area contributed by atoms with Crippen LogP contribution in [-0.2, 0) is 7.05 Å². The summed E-state index contributed by atoms with van der Waals surface area (Å²) in [7, 11) is 1.90. The zero-order valence-corrected chi connectivity index (χ0v) is 9.12. The predicted octanol–water partition coefficient (Wildman–Crippen LogP) is 1.44. The summed E-state index contributed by atoms with van der Waals surface area (Å²) < 4.78 is 3.55. The third-order valence-electron chi connectivity index (χ3n) is 2.52. The Labute approximate surface area is 92.4 Å². The minimum atomic E-state index is 0.869. The van der Waals surface area contributed by atoms with E-state index in [0.717, 1.165) is 22.5 Å². The maximum Gasteiger partial charge on any atom is 0.163 e. The molecule has 0 unspecified atom stereocenters. The molecule has 0 radical (unpaired) electrons. The van der Waals surface area contributed by atoms with Gasteiger partial charge in [-0.25, -0.2) is 9.50 Å². The molecule has 0 saturated heterocycles. The van der Waals surface area contributed by atoms with Gasteiger partial charge in [0.05, 0.1) is 12.4 Å². The average molecular weight is 213 g/mol. The molecule has 5 heteroatoms. The van der Waals surface area contributed by atoms with Crippen LogP contribution in [0.15, 0.2) is 30.9 Å². The van der Waals surface area contributed by atoms with E-state index in [2.05, 4.69) is 15.2 Å². The molecule has 0 aromatic carbocycles. The van der Waals surface area contributed by atoms with Gasteiger partial charge in [-0.3, -0.25) is 4.68 Å². The van der Waals surface area contributed by atoms with E-state index < -0.39 is 0 Å². The van der Waals surface area contributed by atoms with Crippen LogP contribution in [0.3, 0.4) is 0 Å². The Kier molecular flexibility index (Phi) is 1.80. The van der Waals surface area contributed by atoms with Crippen LogP contribution in [0.25, 0.3) is 16.8 Å². The van der Waals surface area contributed by atoms with Gasteiger partial charge >= 0.3 is 0 Å². The number of aromatic nitrogens is 5. The second kappa shape index (κ2) is 3.16. The smallest absolute Gasteiger partial charge is 0.163 e. The zero-order chi connectivity index (χ0) is 11.1. The molecule has 3 aromatic rings. The molecule has 80 valence electrons. The highest BCUT2D eigenvalue weighted by molar-refractivity contribution is 5.75. The molecule has 0 bridgehead atoms. The SMILES string of the molecule is Cc1ccn2ncc(-c3cnn(C)c3)c2n1. The van der Waals surface area contributed by atoms with Gasteiger partial charge in [-0.1, -0.05) is 0 Å². The number of rotatable bonds is 1. The van der Waals surface area contributed by atoms with Crippen molar-refractivity contribution >= 4 is 5.65 Å². The maximum atomic E-state index is 4.48. The van der Waals surface area contributed by atoms with E-state index in [9.17, 15) is 0 Å². The lowest BCUT2D eigenvalue weighted by Crippen LogP contribution is -1.91. The van der Waals surface area contributed by atoms with Crippen molar-refractivity contribution in [2.75, 3.05) is 0 Å². The minimum absolute atomic E-state index is 0.869. The van der Waals surface area contributed by atoms with Crippen LogP contribution >= 0.6 is 0 Å². The molecule has 0 spiro atoms. The second-order valence-corrected chi connectivity index (χ2v) is 3.80. The van der Waals surface area contributed by atoms with Gasteiger partial charge in [0.15, 0.2) is 5.65 Å². The van der Waals surface area contributed by atoms with Gasteiger partial charge in [0.1, 0.15) is 0 Å². The first kappa shape index (κ1) is 9.08. The van der Waals surface area contributed by atoms with Crippen molar-refractivity contribution < 1.29 is 0 Å². The molecule has 0 aliphatic heterocycles. The van der Waals surface area contributed by atoms with E-state index in [1.165, 1.54) is 0 Å². The van der Waals surface area contributed by atoms with Crippen molar-refractivity contribution in [1.82, 2.24) is 24.4 Å². The van der Waals surface area contributed by atoms with Crippen LogP contribution in [0.5, 0.6) is 0 Å². The zero-order valence-electron chi connectivity index (χ0n) is 9.12. The lowest BCUT2D eigenvalue weighted by Gasteiger charge is -1.96. The molecule has 0 atom stereocenters. The van der Waals surface area contributed by atoms with Gasteiger partial charge in [-0.05, 0) is 13.0 Å². The molecule has 0 aliphatic carbocycles. The fraction of sp³-hybridized carbons (Fsp3) is 0.182. The lowest BCUT2D eigenvalue weighted by molar-refractivity contribution is 0.768. The number of aryl methyl sites for hydroxylation is 2. The van der Waals surface area contributed by atoms with Crippen LogP contribution < -0.4 is 0 Å². The number of hydrogen-bond donors (Lipinski definition) is 0. The normalized spacial score (nSPS) is 11.1. The minimum Gasteiger partial charge on any atom is -0.275 e. The maximum absolute atomic E-state index is 4.48. The van der Waals surface area contributed by atoms with Gasteiger partial charge < -0.3 is 0 Å². The monoisotopic (exact) mass is 213 g/mol. The molecule has 0 N–H and O–H groups in total. The molecule has 0 aliphatic rings.